The molecule has 1 amide bonds. The van der Waals surface area contributed by atoms with Crippen molar-refractivity contribution in [2.45, 2.75) is 13.0 Å². The van der Waals surface area contributed by atoms with Crippen molar-refractivity contribution in [2.24, 2.45) is 5.10 Å². The van der Waals surface area contributed by atoms with Crippen LogP contribution in [0, 0.1) is 0 Å². The molecule has 0 saturated carbocycles. The van der Waals surface area contributed by atoms with Crippen molar-refractivity contribution in [3.63, 3.8) is 0 Å². The lowest BCUT2D eigenvalue weighted by Gasteiger charge is -2.13. The van der Waals surface area contributed by atoms with Gasteiger partial charge in [-0.1, -0.05) is 45.7 Å². The summed E-state index contributed by atoms with van der Waals surface area (Å²) in [4.78, 5) is 25.4. The van der Waals surface area contributed by atoms with Crippen LogP contribution in [0.2, 0.25) is 5.02 Å². The minimum atomic E-state index is -0.750. The maximum atomic E-state index is 12.8. The van der Waals surface area contributed by atoms with E-state index in [4.69, 9.17) is 25.8 Å². The standard InChI is InChI=1S/C26H20BrClN2O5S/c1-15(34-18-10-8-17(27)9-11-18)25(31)30-29-14-16-7-12-20(21(13-16)33-2)35-26(32)24-23(28)19-5-3-4-6-22(19)36-24/h3-15H,1-2H3,(H,30,31)/b29-14+. The first kappa shape index (κ1) is 25.7. The number of halogens is 2. The lowest BCUT2D eigenvalue weighted by molar-refractivity contribution is -0.127. The summed E-state index contributed by atoms with van der Waals surface area (Å²) < 4.78 is 18.3. The highest BCUT2D eigenvalue weighted by molar-refractivity contribution is 9.10. The van der Waals surface area contributed by atoms with E-state index in [9.17, 15) is 9.59 Å². The highest BCUT2D eigenvalue weighted by atomic mass is 79.9. The lowest BCUT2D eigenvalue weighted by Crippen LogP contribution is -2.33. The van der Waals surface area contributed by atoms with E-state index in [1.807, 2.05) is 36.4 Å². The van der Waals surface area contributed by atoms with E-state index < -0.39 is 18.0 Å². The molecule has 184 valence electrons. The summed E-state index contributed by atoms with van der Waals surface area (Å²) >= 11 is 11.0. The van der Waals surface area contributed by atoms with Crippen LogP contribution in [0.25, 0.3) is 10.1 Å². The number of hydrogen-bond donors (Lipinski definition) is 1. The number of ether oxygens (including phenoxy) is 3. The number of nitrogens with zero attached hydrogens (tertiary/aromatic N) is 1. The van der Waals surface area contributed by atoms with Gasteiger partial charge in [-0.15, -0.1) is 11.3 Å². The molecular weight excluding hydrogens is 568 g/mol. The van der Waals surface area contributed by atoms with Crippen LogP contribution in [0.3, 0.4) is 0 Å². The number of rotatable bonds is 8. The van der Waals surface area contributed by atoms with Gasteiger partial charge in [0.1, 0.15) is 10.6 Å². The Morgan fingerprint density at radius 1 is 1.08 bits per heavy atom. The van der Waals surface area contributed by atoms with Crippen LogP contribution < -0.4 is 19.6 Å². The molecular formula is C26H20BrClN2O5S. The van der Waals surface area contributed by atoms with Gasteiger partial charge in [0.15, 0.2) is 17.6 Å². The quantitative estimate of drug-likeness (QED) is 0.111. The monoisotopic (exact) mass is 586 g/mol. The van der Waals surface area contributed by atoms with Crippen molar-refractivity contribution in [3.8, 4) is 17.2 Å². The molecule has 36 heavy (non-hydrogen) atoms. The highest BCUT2D eigenvalue weighted by Gasteiger charge is 2.20. The van der Waals surface area contributed by atoms with E-state index in [1.54, 1.807) is 37.3 Å². The summed E-state index contributed by atoms with van der Waals surface area (Å²) in [7, 11) is 1.46. The van der Waals surface area contributed by atoms with Gasteiger partial charge in [0.2, 0.25) is 0 Å². The summed E-state index contributed by atoms with van der Waals surface area (Å²) in [6.45, 7) is 1.63. The Balaban J connectivity index is 1.39. The van der Waals surface area contributed by atoms with Crippen LogP contribution >= 0.6 is 38.9 Å². The molecule has 0 saturated heterocycles. The second-order valence-corrected chi connectivity index (χ2v) is 9.84. The zero-order valence-corrected chi connectivity index (χ0v) is 22.3. The Morgan fingerprint density at radius 3 is 2.56 bits per heavy atom. The summed E-state index contributed by atoms with van der Waals surface area (Å²) in [5.41, 5.74) is 3.06. The smallest absolute Gasteiger partial charge is 0.355 e. The molecule has 1 atom stereocenters. The van der Waals surface area contributed by atoms with Gasteiger partial charge in [0.05, 0.1) is 18.3 Å². The van der Waals surface area contributed by atoms with Gasteiger partial charge in [0, 0.05) is 14.6 Å². The number of nitrogens with one attached hydrogen (secondary N) is 1. The van der Waals surface area contributed by atoms with Crippen molar-refractivity contribution < 1.29 is 23.8 Å². The van der Waals surface area contributed by atoms with Crippen LogP contribution in [0.4, 0.5) is 0 Å². The zero-order valence-electron chi connectivity index (χ0n) is 19.2. The lowest BCUT2D eigenvalue weighted by atomic mass is 10.2. The minimum Gasteiger partial charge on any atom is -0.493 e. The predicted molar refractivity (Wildman–Crippen MR) is 145 cm³/mol. The molecule has 7 nitrogen and oxygen atoms in total. The number of benzene rings is 3. The SMILES string of the molecule is COc1cc(/C=N/NC(=O)C(C)Oc2ccc(Br)cc2)ccc1OC(=O)c1sc2ccccc2c1Cl. The first-order valence-corrected chi connectivity index (χ1v) is 12.7. The van der Waals surface area contributed by atoms with Gasteiger partial charge in [-0.3, -0.25) is 4.79 Å². The number of methoxy groups -OCH3 is 1. The average Bonchev–Trinajstić information content (AvgIpc) is 3.22. The van der Waals surface area contributed by atoms with E-state index in [0.29, 0.717) is 27.0 Å². The number of thiophene rings is 1. The third-order valence-corrected chi connectivity index (χ3v) is 7.18. The van der Waals surface area contributed by atoms with Gasteiger partial charge in [0.25, 0.3) is 5.91 Å². The molecule has 3 aromatic carbocycles. The third-order valence-electron chi connectivity index (χ3n) is 4.99. The van der Waals surface area contributed by atoms with Crippen molar-refractivity contribution in [1.82, 2.24) is 5.43 Å². The Kier molecular flexibility index (Phi) is 8.25. The number of carbonyl (C=O) groups excluding carboxylic acids is 2. The highest BCUT2D eigenvalue weighted by Crippen LogP contribution is 2.37. The molecule has 0 aliphatic rings. The molecule has 0 aliphatic carbocycles. The summed E-state index contributed by atoms with van der Waals surface area (Å²) in [6.07, 6.45) is 0.696. The Hall–Kier alpha value is -3.40. The summed E-state index contributed by atoms with van der Waals surface area (Å²) in [5, 5.41) is 5.13. The van der Waals surface area contributed by atoms with E-state index in [2.05, 4.69) is 26.5 Å². The van der Waals surface area contributed by atoms with Crippen LogP contribution in [-0.4, -0.2) is 31.3 Å². The van der Waals surface area contributed by atoms with Gasteiger partial charge >= 0.3 is 5.97 Å². The molecule has 4 aromatic rings. The predicted octanol–water partition coefficient (Wildman–Crippen LogP) is 6.46. The molecule has 4 rings (SSSR count). The maximum Gasteiger partial charge on any atom is 0.355 e. The van der Waals surface area contributed by atoms with Crippen LogP contribution in [0.1, 0.15) is 22.2 Å². The molecule has 0 aliphatic heterocycles. The number of fused-ring (bicyclic) bond motifs is 1. The number of carbonyl (C=O) groups is 2. The van der Waals surface area contributed by atoms with E-state index in [1.165, 1.54) is 24.7 Å². The Bertz CT molecular complexity index is 1440. The first-order valence-electron chi connectivity index (χ1n) is 10.7. The molecule has 0 bridgehead atoms. The molecule has 0 fully saturated rings. The number of hydrazone groups is 1. The van der Waals surface area contributed by atoms with Crippen molar-refractivity contribution in [3.05, 3.63) is 86.7 Å². The van der Waals surface area contributed by atoms with Crippen LogP contribution in [0.15, 0.2) is 76.3 Å². The molecule has 10 heteroatoms. The number of hydrogen-bond acceptors (Lipinski definition) is 7. The fourth-order valence-corrected chi connectivity index (χ4v) is 4.82. The molecule has 1 unspecified atom stereocenters. The third kappa shape index (κ3) is 6.04. The minimum absolute atomic E-state index is 0.230. The van der Waals surface area contributed by atoms with Crippen molar-refractivity contribution in [1.29, 1.82) is 0 Å². The van der Waals surface area contributed by atoms with Gasteiger partial charge in [-0.05, 0) is 61.0 Å². The zero-order chi connectivity index (χ0) is 25.7. The second-order valence-electron chi connectivity index (χ2n) is 7.49. The van der Waals surface area contributed by atoms with Gasteiger partial charge in [-0.25, -0.2) is 10.2 Å². The fourth-order valence-electron chi connectivity index (χ4n) is 3.17. The molecule has 0 radical (unpaired) electrons. The molecule has 0 spiro atoms. The van der Waals surface area contributed by atoms with E-state index >= 15 is 0 Å². The summed E-state index contributed by atoms with van der Waals surface area (Å²) in [6, 6.07) is 19.5. The van der Waals surface area contributed by atoms with Gasteiger partial charge < -0.3 is 14.2 Å². The van der Waals surface area contributed by atoms with Gasteiger partial charge in [-0.2, -0.15) is 5.10 Å². The number of amides is 1. The van der Waals surface area contributed by atoms with Crippen LogP contribution in [0.5, 0.6) is 17.2 Å². The topological polar surface area (TPSA) is 86.2 Å². The average molecular weight is 588 g/mol. The Labute approximate surface area is 224 Å². The van der Waals surface area contributed by atoms with E-state index in [-0.39, 0.29) is 5.75 Å². The summed E-state index contributed by atoms with van der Waals surface area (Å²) in [5.74, 6) is 0.132. The Morgan fingerprint density at radius 2 is 1.83 bits per heavy atom. The fraction of sp³-hybridized carbons (Fsp3) is 0.115. The van der Waals surface area contributed by atoms with Crippen molar-refractivity contribution >= 4 is 67.0 Å². The van der Waals surface area contributed by atoms with E-state index in [0.717, 1.165) is 14.6 Å². The molecule has 1 aromatic heterocycles. The molecule has 1 N–H and O–H groups in total. The largest absolute Gasteiger partial charge is 0.493 e. The second kappa shape index (κ2) is 11.6. The van der Waals surface area contributed by atoms with Crippen LogP contribution in [-0.2, 0) is 4.79 Å². The first-order chi connectivity index (χ1) is 17.4. The maximum absolute atomic E-state index is 12.8. The van der Waals surface area contributed by atoms with Crippen molar-refractivity contribution in [2.75, 3.05) is 7.11 Å². The number of esters is 1. The molecule has 1 heterocycles. The normalized spacial score (nSPS) is 11.9.